The molecule has 3 heteroatoms. The number of aryl methyl sites for hydroxylation is 2. The molecule has 0 unspecified atom stereocenters. The van der Waals surface area contributed by atoms with Crippen LogP contribution in [0.1, 0.15) is 44.9 Å². The van der Waals surface area contributed by atoms with Crippen molar-refractivity contribution >= 4 is 0 Å². The maximum absolute atomic E-state index is 4.38. The second-order valence-electron chi connectivity index (χ2n) is 4.87. The number of rotatable bonds is 2. The zero-order valence-electron chi connectivity index (χ0n) is 12.0. The van der Waals surface area contributed by atoms with Crippen LogP contribution in [0.5, 0.6) is 0 Å². The van der Waals surface area contributed by atoms with Gasteiger partial charge in [0.15, 0.2) is 0 Å². The monoisotopic (exact) mass is 237 g/mol. The zero-order valence-corrected chi connectivity index (χ0v) is 12.0. The van der Waals surface area contributed by atoms with E-state index in [0.29, 0.717) is 0 Å². The van der Waals surface area contributed by atoms with Crippen molar-refractivity contribution in [3.05, 3.63) is 17.5 Å². The lowest BCUT2D eigenvalue weighted by molar-refractivity contribution is 0.185. The molecule has 1 aliphatic heterocycles. The van der Waals surface area contributed by atoms with E-state index in [9.17, 15) is 0 Å². The highest BCUT2D eigenvalue weighted by Gasteiger charge is 2.16. The molecule has 1 fully saturated rings. The molecule has 0 aliphatic carbocycles. The van der Waals surface area contributed by atoms with Gasteiger partial charge in [-0.05, 0) is 38.8 Å². The molecule has 3 nitrogen and oxygen atoms in total. The van der Waals surface area contributed by atoms with Crippen LogP contribution in [0, 0.1) is 12.8 Å². The smallest absolute Gasteiger partial charge is 0.0638 e. The first-order chi connectivity index (χ1) is 8.15. The molecule has 0 bridgehead atoms. The standard InChI is InChI=1S/C12H21N3.C2H6/c1-10-4-6-15(7-5-10)9-12-8-14(3)13-11(12)2;1-2/h8,10H,4-7,9H2,1-3H3;1-2H3. The summed E-state index contributed by atoms with van der Waals surface area (Å²) in [5.74, 6) is 0.913. The van der Waals surface area contributed by atoms with Crippen molar-refractivity contribution in [2.24, 2.45) is 13.0 Å². The highest BCUT2D eigenvalue weighted by Crippen LogP contribution is 2.18. The predicted molar refractivity (Wildman–Crippen MR) is 73.0 cm³/mol. The van der Waals surface area contributed by atoms with Crippen LogP contribution in [-0.4, -0.2) is 27.8 Å². The van der Waals surface area contributed by atoms with E-state index in [1.807, 2.05) is 25.6 Å². The molecule has 0 aromatic carbocycles. The van der Waals surface area contributed by atoms with Crippen LogP contribution in [0.2, 0.25) is 0 Å². The lowest BCUT2D eigenvalue weighted by atomic mass is 9.99. The minimum absolute atomic E-state index is 0.913. The molecule has 17 heavy (non-hydrogen) atoms. The Hall–Kier alpha value is -0.830. The van der Waals surface area contributed by atoms with Crippen LogP contribution in [-0.2, 0) is 13.6 Å². The lowest BCUT2D eigenvalue weighted by Gasteiger charge is -2.29. The highest BCUT2D eigenvalue weighted by atomic mass is 15.3. The molecular formula is C14H27N3. The number of aromatic nitrogens is 2. The van der Waals surface area contributed by atoms with E-state index in [4.69, 9.17) is 0 Å². The molecule has 0 saturated carbocycles. The third kappa shape index (κ3) is 4.15. The fourth-order valence-corrected chi connectivity index (χ4v) is 2.26. The first kappa shape index (κ1) is 14.2. The summed E-state index contributed by atoms with van der Waals surface area (Å²) in [4.78, 5) is 2.55. The van der Waals surface area contributed by atoms with E-state index in [2.05, 4.69) is 30.0 Å². The summed E-state index contributed by atoms with van der Waals surface area (Å²) in [5.41, 5.74) is 2.56. The molecule has 0 atom stereocenters. The summed E-state index contributed by atoms with van der Waals surface area (Å²) in [5, 5.41) is 4.38. The van der Waals surface area contributed by atoms with E-state index in [-0.39, 0.29) is 0 Å². The van der Waals surface area contributed by atoms with Crippen LogP contribution in [0.4, 0.5) is 0 Å². The third-order valence-corrected chi connectivity index (χ3v) is 3.39. The predicted octanol–water partition coefficient (Wildman–Crippen LogP) is 2.99. The van der Waals surface area contributed by atoms with Gasteiger partial charge in [0.1, 0.15) is 0 Å². The van der Waals surface area contributed by atoms with Gasteiger partial charge in [-0.15, -0.1) is 0 Å². The van der Waals surface area contributed by atoms with E-state index < -0.39 is 0 Å². The average Bonchev–Trinajstić information content (AvgIpc) is 2.63. The van der Waals surface area contributed by atoms with Gasteiger partial charge < -0.3 is 0 Å². The Morgan fingerprint density at radius 1 is 1.29 bits per heavy atom. The van der Waals surface area contributed by atoms with Crippen LogP contribution < -0.4 is 0 Å². The summed E-state index contributed by atoms with van der Waals surface area (Å²) in [6, 6.07) is 0. The van der Waals surface area contributed by atoms with Gasteiger partial charge in [0.05, 0.1) is 5.69 Å². The first-order valence-corrected chi connectivity index (χ1v) is 6.86. The Balaban J connectivity index is 0.000000686. The fourth-order valence-electron chi connectivity index (χ4n) is 2.26. The van der Waals surface area contributed by atoms with Gasteiger partial charge in [0, 0.05) is 25.4 Å². The number of hydrogen-bond acceptors (Lipinski definition) is 2. The normalized spacial score (nSPS) is 17.7. The lowest BCUT2D eigenvalue weighted by Crippen LogP contribution is -2.32. The molecule has 2 rings (SSSR count). The maximum Gasteiger partial charge on any atom is 0.0638 e. The Kier molecular flexibility index (Phi) is 5.69. The summed E-state index contributed by atoms with van der Waals surface area (Å²) in [6.45, 7) is 12.0. The van der Waals surface area contributed by atoms with Crippen molar-refractivity contribution in [2.45, 2.75) is 47.1 Å². The van der Waals surface area contributed by atoms with Crippen molar-refractivity contribution in [3.63, 3.8) is 0 Å². The summed E-state index contributed by atoms with van der Waals surface area (Å²) in [7, 11) is 1.99. The maximum atomic E-state index is 4.38. The van der Waals surface area contributed by atoms with Gasteiger partial charge in [-0.25, -0.2) is 0 Å². The van der Waals surface area contributed by atoms with Crippen LogP contribution in [0.15, 0.2) is 6.20 Å². The molecule has 2 heterocycles. The van der Waals surface area contributed by atoms with E-state index in [1.165, 1.54) is 37.2 Å². The molecule has 1 aromatic heterocycles. The summed E-state index contributed by atoms with van der Waals surface area (Å²) >= 11 is 0. The van der Waals surface area contributed by atoms with E-state index in [1.54, 1.807) is 0 Å². The van der Waals surface area contributed by atoms with Crippen molar-refractivity contribution in [1.29, 1.82) is 0 Å². The Bertz CT molecular complexity index is 322. The molecule has 0 spiro atoms. The van der Waals surface area contributed by atoms with Crippen molar-refractivity contribution < 1.29 is 0 Å². The second-order valence-corrected chi connectivity index (χ2v) is 4.87. The summed E-state index contributed by atoms with van der Waals surface area (Å²) in [6.07, 6.45) is 4.84. The molecule has 0 radical (unpaired) electrons. The van der Waals surface area contributed by atoms with Crippen molar-refractivity contribution in [2.75, 3.05) is 13.1 Å². The van der Waals surface area contributed by atoms with E-state index in [0.717, 1.165) is 12.5 Å². The fraction of sp³-hybridized carbons (Fsp3) is 0.786. The van der Waals surface area contributed by atoms with Crippen LogP contribution in [0.25, 0.3) is 0 Å². The summed E-state index contributed by atoms with van der Waals surface area (Å²) < 4.78 is 1.91. The Morgan fingerprint density at radius 2 is 1.88 bits per heavy atom. The molecule has 0 amide bonds. The van der Waals surface area contributed by atoms with Crippen molar-refractivity contribution in [1.82, 2.24) is 14.7 Å². The average molecular weight is 237 g/mol. The quantitative estimate of drug-likeness (QED) is 0.788. The Morgan fingerprint density at radius 3 is 2.35 bits per heavy atom. The molecule has 0 N–H and O–H groups in total. The van der Waals surface area contributed by atoms with Crippen LogP contribution >= 0.6 is 0 Å². The number of nitrogens with zero attached hydrogens (tertiary/aromatic N) is 3. The second kappa shape index (κ2) is 6.80. The van der Waals surface area contributed by atoms with Gasteiger partial charge >= 0.3 is 0 Å². The van der Waals surface area contributed by atoms with Gasteiger partial charge in [0.25, 0.3) is 0 Å². The topological polar surface area (TPSA) is 21.1 Å². The van der Waals surface area contributed by atoms with Crippen molar-refractivity contribution in [3.8, 4) is 0 Å². The van der Waals surface area contributed by atoms with Gasteiger partial charge in [0.2, 0.25) is 0 Å². The highest BCUT2D eigenvalue weighted by molar-refractivity contribution is 5.15. The molecular weight excluding hydrogens is 210 g/mol. The largest absolute Gasteiger partial charge is 0.299 e. The van der Waals surface area contributed by atoms with Gasteiger partial charge in [-0.1, -0.05) is 20.8 Å². The SMILES string of the molecule is CC.Cc1nn(C)cc1CN1CCC(C)CC1. The number of piperidine rings is 1. The Labute approximate surface area is 106 Å². The van der Waals surface area contributed by atoms with Crippen LogP contribution in [0.3, 0.4) is 0 Å². The van der Waals surface area contributed by atoms with Gasteiger partial charge in [-0.2, -0.15) is 5.10 Å². The van der Waals surface area contributed by atoms with E-state index >= 15 is 0 Å². The minimum Gasteiger partial charge on any atom is -0.299 e. The molecule has 1 aromatic rings. The molecule has 98 valence electrons. The molecule has 1 saturated heterocycles. The number of likely N-dealkylation sites (tertiary alicyclic amines) is 1. The zero-order chi connectivity index (χ0) is 12.8. The first-order valence-electron chi connectivity index (χ1n) is 6.86. The van der Waals surface area contributed by atoms with Gasteiger partial charge in [-0.3, -0.25) is 9.58 Å². The third-order valence-electron chi connectivity index (χ3n) is 3.39. The minimum atomic E-state index is 0.913. The molecule has 1 aliphatic rings. The number of hydrogen-bond donors (Lipinski definition) is 0.